The molecule has 2 fully saturated rings. The molecule has 2 N–H and O–H groups in total. The molecule has 112 valence electrons. The summed E-state index contributed by atoms with van der Waals surface area (Å²) in [5.41, 5.74) is -0.369. The molecule has 1 saturated heterocycles. The van der Waals surface area contributed by atoms with E-state index in [0.717, 1.165) is 25.7 Å². The zero-order chi connectivity index (χ0) is 14.0. The molecule has 20 heavy (non-hydrogen) atoms. The first-order valence-corrected chi connectivity index (χ1v) is 7.63. The predicted octanol–water partition coefficient (Wildman–Crippen LogP) is 1.66. The molecule has 3 rings (SSSR count). The van der Waals surface area contributed by atoms with Gasteiger partial charge in [-0.3, -0.25) is 0 Å². The Kier molecular flexibility index (Phi) is 4.05. The fraction of sp³-hybridized carbons (Fsp3) is 0.857. The maximum atomic E-state index is 9.57. The van der Waals surface area contributed by atoms with E-state index in [1.54, 1.807) is 0 Å². The molecule has 2 aliphatic rings. The number of hydrogen-bond donors (Lipinski definition) is 2. The minimum Gasteiger partial charge on any atom is -0.392 e. The summed E-state index contributed by atoms with van der Waals surface area (Å²) < 4.78 is 11.4. The predicted molar refractivity (Wildman–Crippen MR) is 72.1 cm³/mol. The summed E-state index contributed by atoms with van der Waals surface area (Å²) >= 11 is 0. The van der Waals surface area contributed by atoms with Gasteiger partial charge in [-0.2, -0.15) is 4.98 Å². The lowest BCUT2D eigenvalue weighted by Crippen LogP contribution is -2.33. The molecule has 6 nitrogen and oxygen atoms in total. The molecule has 0 amide bonds. The van der Waals surface area contributed by atoms with Gasteiger partial charge in [0.05, 0.1) is 12.1 Å². The molecule has 2 atom stereocenters. The van der Waals surface area contributed by atoms with Crippen LogP contribution in [0.4, 0.5) is 0 Å². The minimum absolute atomic E-state index is 0.0338. The van der Waals surface area contributed by atoms with Gasteiger partial charge >= 0.3 is 0 Å². The molecule has 2 heterocycles. The number of aliphatic hydroxyl groups is 1. The SMILES string of the molecule is CCOC1(c2noc([C@@H]3C[C@H](O)CN3)n2)CCCCC1. The second-order valence-corrected chi connectivity index (χ2v) is 5.79. The summed E-state index contributed by atoms with van der Waals surface area (Å²) in [5.74, 6) is 1.25. The van der Waals surface area contributed by atoms with Crippen LogP contribution in [0.3, 0.4) is 0 Å². The molecule has 0 aromatic carbocycles. The van der Waals surface area contributed by atoms with Gasteiger partial charge in [0.1, 0.15) is 5.60 Å². The van der Waals surface area contributed by atoms with Gasteiger partial charge in [-0.25, -0.2) is 0 Å². The summed E-state index contributed by atoms with van der Waals surface area (Å²) in [5, 5.41) is 16.9. The Morgan fingerprint density at radius 2 is 2.20 bits per heavy atom. The van der Waals surface area contributed by atoms with Gasteiger partial charge in [0.25, 0.3) is 0 Å². The van der Waals surface area contributed by atoms with Crippen molar-refractivity contribution in [1.29, 1.82) is 0 Å². The molecule has 0 radical (unpaired) electrons. The Bertz CT molecular complexity index is 437. The highest BCUT2D eigenvalue weighted by Crippen LogP contribution is 2.39. The highest BCUT2D eigenvalue weighted by atomic mass is 16.5. The van der Waals surface area contributed by atoms with Crippen LogP contribution in [0.25, 0.3) is 0 Å². The quantitative estimate of drug-likeness (QED) is 0.873. The number of aliphatic hydroxyl groups excluding tert-OH is 1. The molecule has 0 bridgehead atoms. The van der Waals surface area contributed by atoms with E-state index in [9.17, 15) is 5.11 Å². The molecule has 0 spiro atoms. The van der Waals surface area contributed by atoms with Crippen LogP contribution in [-0.4, -0.2) is 34.5 Å². The van der Waals surface area contributed by atoms with E-state index in [2.05, 4.69) is 15.5 Å². The largest absolute Gasteiger partial charge is 0.392 e. The topological polar surface area (TPSA) is 80.4 Å². The van der Waals surface area contributed by atoms with E-state index < -0.39 is 0 Å². The normalized spacial score (nSPS) is 29.7. The standard InChI is InChI=1S/C14H23N3O3/c1-2-19-14(6-4-3-5-7-14)13-16-12(20-17-13)11-8-10(18)9-15-11/h10-11,15,18H,2-9H2,1H3/t10-,11-/m0/s1. The Morgan fingerprint density at radius 3 is 2.85 bits per heavy atom. The van der Waals surface area contributed by atoms with Gasteiger partial charge in [-0.05, 0) is 26.2 Å². The van der Waals surface area contributed by atoms with Crippen LogP contribution in [0, 0.1) is 0 Å². The van der Waals surface area contributed by atoms with Crippen molar-refractivity contribution in [3.63, 3.8) is 0 Å². The van der Waals surface area contributed by atoms with Crippen molar-refractivity contribution in [1.82, 2.24) is 15.5 Å². The highest BCUT2D eigenvalue weighted by molar-refractivity contribution is 5.06. The number of β-amino-alcohol motifs (C(OH)–C–C–N with tert-alkyl or cyclic N) is 1. The smallest absolute Gasteiger partial charge is 0.243 e. The van der Waals surface area contributed by atoms with Gasteiger partial charge < -0.3 is 19.7 Å². The van der Waals surface area contributed by atoms with Gasteiger partial charge in [0.2, 0.25) is 11.7 Å². The molecule has 1 aromatic rings. The molecule has 1 aromatic heterocycles. The van der Waals surface area contributed by atoms with Crippen LogP contribution in [-0.2, 0) is 10.3 Å². The maximum Gasteiger partial charge on any atom is 0.243 e. The Balaban J connectivity index is 1.79. The lowest BCUT2D eigenvalue weighted by atomic mass is 9.84. The third-order valence-corrected chi connectivity index (χ3v) is 4.34. The maximum absolute atomic E-state index is 9.57. The second-order valence-electron chi connectivity index (χ2n) is 5.79. The highest BCUT2D eigenvalue weighted by Gasteiger charge is 2.40. The van der Waals surface area contributed by atoms with Gasteiger partial charge in [-0.1, -0.05) is 24.4 Å². The van der Waals surface area contributed by atoms with E-state index in [1.807, 2.05) is 6.92 Å². The van der Waals surface area contributed by atoms with Gasteiger partial charge in [-0.15, -0.1) is 0 Å². The Morgan fingerprint density at radius 1 is 1.40 bits per heavy atom. The van der Waals surface area contributed by atoms with Gasteiger partial charge in [0, 0.05) is 13.2 Å². The Hall–Kier alpha value is -0.980. The van der Waals surface area contributed by atoms with Crippen molar-refractivity contribution in [3.8, 4) is 0 Å². The summed E-state index contributed by atoms with van der Waals surface area (Å²) in [6.45, 7) is 3.25. The van der Waals surface area contributed by atoms with E-state index in [1.165, 1.54) is 6.42 Å². The molecule has 6 heteroatoms. The van der Waals surface area contributed by atoms with Crippen LogP contribution < -0.4 is 5.32 Å². The number of rotatable bonds is 4. The lowest BCUT2D eigenvalue weighted by molar-refractivity contribution is -0.0777. The molecule has 0 unspecified atom stereocenters. The third-order valence-electron chi connectivity index (χ3n) is 4.34. The first kappa shape index (κ1) is 14.0. The number of aromatic nitrogens is 2. The van der Waals surface area contributed by atoms with Crippen LogP contribution in [0.15, 0.2) is 4.52 Å². The van der Waals surface area contributed by atoms with E-state index in [4.69, 9.17) is 9.26 Å². The zero-order valence-electron chi connectivity index (χ0n) is 12.0. The van der Waals surface area contributed by atoms with Crippen molar-refractivity contribution >= 4 is 0 Å². The minimum atomic E-state index is -0.369. The number of hydrogen-bond acceptors (Lipinski definition) is 6. The van der Waals surface area contributed by atoms with Crippen molar-refractivity contribution in [3.05, 3.63) is 11.7 Å². The fourth-order valence-corrected chi connectivity index (χ4v) is 3.30. The van der Waals surface area contributed by atoms with Crippen molar-refractivity contribution in [2.45, 2.75) is 63.2 Å². The van der Waals surface area contributed by atoms with E-state index in [-0.39, 0.29) is 17.7 Å². The van der Waals surface area contributed by atoms with Crippen molar-refractivity contribution in [2.75, 3.05) is 13.2 Å². The van der Waals surface area contributed by atoms with Crippen LogP contribution >= 0.6 is 0 Å². The second kappa shape index (κ2) is 5.79. The van der Waals surface area contributed by atoms with Crippen LogP contribution in [0.1, 0.15) is 63.2 Å². The average molecular weight is 281 g/mol. The average Bonchev–Trinajstić information content (AvgIpc) is 3.09. The van der Waals surface area contributed by atoms with Crippen LogP contribution in [0.2, 0.25) is 0 Å². The first-order valence-electron chi connectivity index (χ1n) is 7.63. The van der Waals surface area contributed by atoms with Crippen molar-refractivity contribution < 1.29 is 14.4 Å². The number of nitrogens with zero attached hydrogens (tertiary/aromatic N) is 2. The summed E-state index contributed by atoms with van der Waals surface area (Å²) in [4.78, 5) is 4.56. The summed E-state index contributed by atoms with van der Waals surface area (Å²) in [6, 6.07) is -0.0338. The van der Waals surface area contributed by atoms with E-state index in [0.29, 0.717) is 31.3 Å². The molecule has 1 saturated carbocycles. The summed E-state index contributed by atoms with van der Waals surface area (Å²) in [6.07, 6.45) is 5.75. The first-order chi connectivity index (χ1) is 9.73. The zero-order valence-corrected chi connectivity index (χ0v) is 12.0. The van der Waals surface area contributed by atoms with Gasteiger partial charge in [0.15, 0.2) is 0 Å². The molecular formula is C14H23N3O3. The molecule has 1 aliphatic carbocycles. The summed E-state index contributed by atoms with van der Waals surface area (Å²) in [7, 11) is 0. The van der Waals surface area contributed by atoms with E-state index >= 15 is 0 Å². The number of nitrogens with one attached hydrogen (secondary N) is 1. The molecule has 1 aliphatic heterocycles. The Labute approximate surface area is 118 Å². The third kappa shape index (κ3) is 2.60. The van der Waals surface area contributed by atoms with Crippen LogP contribution in [0.5, 0.6) is 0 Å². The van der Waals surface area contributed by atoms with Crippen molar-refractivity contribution in [2.24, 2.45) is 0 Å². The monoisotopic (exact) mass is 281 g/mol. The lowest BCUT2D eigenvalue weighted by Gasteiger charge is -2.33. The fourth-order valence-electron chi connectivity index (χ4n) is 3.30. The number of ether oxygens (including phenoxy) is 1. The molecular weight excluding hydrogens is 258 g/mol.